The molecule has 0 saturated carbocycles. The number of anilines is 1. The zero-order valence-electron chi connectivity index (χ0n) is 11.5. The molecule has 11 nitrogen and oxygen atoms in total. The van der Waals surface area contributed by atoms with Crippen molar-refractivity contribution >= 4 is 11.9 Å². The molecule has 22 heavy (non-hydrogen) atoms. The van der Waals surface area contributed by atoms with E-state index in [9.17, 15) is 19.8 Å². The fraction of sp³-hybridized carbons (Fsp3) is 0.545. The molecule has 1 amide bonds. The number of carbonyl (C=O) groups excluding carboxylic acids is 1. The van der Waals surface area contributed by atoms with Crippen molar-refractivity contribution in [1.82, 2.24) is 14.9 Å². The Morgan fingerprint density at radius 3 is 2.77 bits per heavy atom. The third-order valence-electron chi connectivity index (χ3n) is 3.07. The lowest BCUT2D eigenvalue weighted by Crippen LogP contribution is -2.36. The molecule has 0 radical (unpaired) electrons. The Kier molecular flexibility index (Phi) is 4.92. The average molecular weight is 316 g/mol. The summed E-state index contributed by atoms with van der Waals surface area (Å²) in [5.41, 5.74) is 1.36. The van der Waals surface area contributed by atoms with Crippen molar-refractivity contribution in [3.8, 4) is 0 Å². The van der Waals surface area contributed by atoms with Gasteiger partial charge in [-0.3, -0.25) is 4.57 Å². The normalized spacial score (nSPS) is 27.5. The first-order valence-electron chi connectivity index (χ1n) is 6.34. The van der Waals surface area contributed by atoms with Gasteiger partial charge in [-0.15, -0.1) is 0 Å². The number of nitrogens with zero attached hydrogens (tertiary/aromatic N) is 2. The van der Waals surface area contributed by atoms with Gasteiger partial charge in [0.25, 0.3) is 0 Å². The van der Waals surface area contributed by atoms with Gasteiger partial charge in [0.15, 0.2) is 12.0 Å². The summed E-state index contributed by atoms with van der Waals surface area (Å²) in [6.45, 7) is -0.503. The Morgan fingerprint density at radius 2 is 2.23 bits per heavy atom. The largest absolute Gasteiger partial charge is 0.431 e. The third kappa shape index (κ3) is 3.17. The Hall–Kier alpha value is -2.21. The molecule has 1 unspecified atom stereocenters. The monoisotopic (exact) mass is 316 g/mol. The molecule has 1 fully saturated rings. The lowest BCUT2D eigenvalue weighted by atomic mass is 10.1. The molecule has 122 valence electrons. The van der Waals surface area contributed by atoms with Crippen LogP contribution in [0.1, 0.15) is 6.23 Å². The number of amides is 1. The minimum absolute atomic E-state index is 0.0309. The molecule has 0 bridgehead atoms. The van der Waals surface area contributed by atoms with Crippen LogP contribution >= 0.6 is 0 Å². The van der Waals surface area contributed by atoms with Crippen LogP contribution in [0.3, 0.4) is 0 Å². The van der Waals surface area contributed by atoms with Gasteiger partial charge in [-0.1, -0.05) is 0 Å². The van der Waals surface area contributed by atoms with E-state index in [-0.39, 0.29) is 5.82 Å². The predicted molar refractivity (Wildman–Crippen MR) is 70.7 cm³/mol. The molecule has 1 saturated heterocycles. The van der Waals surface area contributed by atoms with E-state index >= 15 is 0 Å². The molecule has 4 atom stereocenters. The maximum Gasteiger partial charge on any atom is 0.431 e. The van der Waals surface area contributed by atoms with Gasteiger partial charge in [-0.25, -0.2) is 9.59 Å². The summed E-state index contributed by atoms with van der Waals surface area (Å²) in [6.07, 6.45) is -4.42. The average Bonchev–Trinajstić information content (AvgIpc) is 2.80. The molecule has 2 heterocycles. The van der Waals surface area contributed by atoms with E-state index in [0.29, 0.717) is 0 Å². The highest BCUT2D eigenvalue weighted by molar-refractivity contribution is 5.67. The number of aliphatic hydroxyl groups excluding tert-OH is 3. The van der Waals surface area contributed by atoms with Crippen LogP contribution in [0.5, 0.6) is 0 Å². The SMILES string of the molecule is CNC(=O)ONc1ccn([C@@H]2O[C@H](CO)[C@H](O)C2O)c(=O)n1. The first-order valence-corrected chi connectivity index (χ1v) is 6.34. The highest BCUT2D eigenvalue weighted by Gasteiger charge is 2.43. The van der Waals surface area contributed by atoms with E-state index < -0.39 is 42.9 Å². The lowest BCUT2D eigenvalue weighted by Gasteiger charge is -2.17. The van der Waals surface area contributed by atoms with Crippen LogP contribution in [0, 0.1) is 0 Å². The van der Waals surface area contributed by atoms with Crippen molar-refractivity contribution in [2.45, 2.75) is 24.5 Å². The predicted octanol–water partition coefficient (Wildman–Crippen LogP) is -2.46. The fourth-order valence-electron chi connectivity index (χ4n) is 1.92. The number of nitrogens with one attached hydrogen (secondary N) is 2. The van der Waals surface area contributed by atoms with Crippen molar-refractivity contribution in [2.24, 2.45) is 0 Å². The summed E-state index contributed by atoms with van der Waals surface area (Å²) in [7, 11) is 1.36. The summed E-state index contributed by atoms with van der Waals surface area (Å²) in [5.74, 6) is -0.0309. The van der Waals surface area contributed by atoms with Crippen LogP contribution in [0.15, 0.2) is 17.1 Å². The summed E-state index contributed by atoms with van der Waals surface area (Å²) >= 11 is 0. The number of aliphatic hydroxyl groups is 3. The van der Waals surface area contributed by atoms with Crippen molar-refractivity contribution in [3.05, 3.63) is 22.7 Å². The first kappa shape index (κ1) is 16.2. The first-order chi connectivity index (χ1) is 10.5. The van der Waals surface area contributed by atoms with Crippen LogP contribution in [-0.2, 0) is 9.57 Å². The standard InChI is InChI=1S/C11H16N4O7/c1-12-11(20)22-14-6-2-3-15(10(19)13-6)9-8(18)7(17)5(4-16)21-9/h2-3,5,7-9,16-18H,4H2,1H3,(H,12,20)(H,13,14,19)/t5-,7+,8?,9-/m1/s1. The van der Waals surface area contributed by atoms with E-state index in [1.807, 2.05) is 0 Å². The molecule has 1 aliphatic rings. The Bertz CT molecular complexity index is 592. The molecule has 0 aliphatic carbocycles. The fourth-order valence-corrected chi connectivity index (χ4v) is 1.92. The zero-order valence-corrected chi connectivity index (χ0v) is 11.5. The molecule has 0 aromatic carbocycles. The smallest absolute Gasteiger partial charge is 0.394 e. The molecular formula is C11H16N4O7. The molecule has 1 aromatic heterocycles. The van der Waals surface area contributed by atoms with E-state index in [4.69, 9.17) is 9.84 Å². The van der Waals surface area contributed by atoms with Crippen LogP contribution in [0.4, 0.5) is 10.6 Å². The number of aromatic nitrogens is 2. The number of ether oxygens (including phenoxy) is 1. The number of hydrogen-bond donors (Lipinski definition) is 5. The topological polar surface area (TPSA) is 155 Å². The van der Waals surface area contributed by atoms with E-state index in [1.54, 1.807) is 0 Å². The van der Waals surface area contributed by atoms with Gasteiger partial charge >= 0.3 is 11.8 Å². The second-order valence-electron chi connectivity index (χ2n) is 4.47. The summed E-state index contributed by atoms with van der Waals surface area (Å²) < 4.78 is 6.17. The number of hydrogen-bond acceptors (Lipinski definition) is 9. The Labute approximate surface area is 124 Å². The van der Waals surface area contributed by atoms with Crippen molar-refractivity contribution in [2.75, 3.05) is 19.1 Å². The van der Waals surface area contributed by atoms with Crippen LogP contribution in [-0.4, -0.2) is 62.9 Å². The van der Waals surface area contributed by atoms with Crippen LogP contribution in [0.25, 0.3) is 0 Å². The van der Waals surface area contributed by atoms with Gasteiger partial charge in [0.05, 0.1) is 6.61 Å². The zero-order chi connectivity index (χ0) is 16.3. The van der Waals surface area contributed by atoms with Crippen molar-refractivity contribution < 1.29 is 29.7 Å². The van der Waals surface area contributed by atoms with Gasteiger partial charge in [-0.2, -0.15) is 10.5 Å². The second kappa shape index (κ2) is 6.70. The van der Waals surface area contributed by atoms with E-state index in [1.165, 1.54) is 19.3 Å². The van der Waals surface area contributed by atoms with Crippen molar-refractivity contribution in [1.29, 1.82) is 0 Å². The minimum Gasteiger partial charge on any atom is -0.394 e. The number of carbonyl (C=O) groups is 1. The maximum atomic E-state index is 11.9. The summed E-state index contributed by atoms with van der Waals surface area (Å²) in [5, 5.41) is 30.7. The highest BCUT2D eigenvalue weighted by atomic mass is 16.7. The van der Waals surface area contributed by atoms with Crippen LogP contribution in [0.2, 0.25) is 0 Å². The van der Waals surface area contributed by atoms with Gasteiger partial charge in [0.1, 0.15) is 18.3 Å². The summed E-state index contributed by atoms with van der Waals surface area (Å²) in [6, 6.07) is 1.30. The highest BCUT2D eigenvalue weighted by Crippen LogP contribution is 2.28. The number of rotatable bonds is 4. The van der Waals surface area contributed by atoms with Gasteiger partial charge in [0.2, 0.25) is 0 Å². The third-order valence-corrected chi connectivity index (χ3v) is 3.07. The van der Waals surface area contributed by atoms with Gasteiger partial charge in [0, 0.05) is 19.3 Å². The van der Waals surface area contributed by atoms with Crippen molar-refractivity contribution in [3.63, 3.8) is 0 Å². The minimum atomic E-state index is -1.39. The van der Waals surface area contributed by atoms with Gasteiger partial charge < -0.3 is 30.2 Å². The molecule has 5 N–H and O–H groups in total. The molecular weight excluding hydrogens is 300 g/mol. The molecule has 1 aromatic rings. The molecule has 2 rings (SSSR count). The second-order valence-corrected chi connectivity index (χ2v) is 4.47. The van der Waals surface area contributed by atoms with Gasteiger partial charge in [-0.05, 0) is 0 Å². The lowest BCUT2D eigenvalue weighted by molar-refractivity contribution is -0.0549. The molecule has 1 aliphatic heterocycles. The maximum absolute atomic E-state index is 11.9. The molecule has 11 heteroatoms. The van der Waals surface area contributed by atoms with Crippen LogP contribution < -0.4 is 16.5 Å². The molecule has 0 spiro atoms. The summed E-state index contributed by atoms with van der Waals surface area (Å²) in [4.78, 5) is 30.9. The quantitative estimate of drug-likeness (QED) is 0.380. The Balaban J connectivity index is 2.13. The Morgan fingerprint density at radius 1 is 1.50 bits per heavy atom. The van der Waals surface area contributed by atoms with E-state index in [0.717, 1.165) is 4.57 Å². The van der Waals surface area contributed by atoms with E-state index in [2.05, 4.69) is 20.6 Å².